The van der Waals surface area contributed by atoms with Crippen molar-refractivity contribution in [1.29, 1.82) is 0 Å². The first kappa shape index (κ1) is 19.2. The van der Waals surface area contributed by atoms with Crippen LogP contribution in [0, 0.1) is 0 Å². The molecule has 144 valence electrons. The van der Waals surface area contributed by atoms with Gasteiger partial charge in [0.2, 0.25) is 0 Å². The first-order valence-corrected chi connectivity index (χ1v) is 9.89. The molecule has 1 aromatic carbocycles. The molecule has 3 heterocycles. The maximum Gasteiger partial charge on any atom is 0.170 e. The number of benzene rings is 1. The van der Waals surface area contributed by atoms with Gasteiger partial charge in [0.25, 0.3) is 0 Å². The zero-order valence-corrected chi connectivity index (χ0v) is 17.0. The largest absolute Gasteiger partial charge is 0.459 e. The fraction of sp³-hybridized carbons (Fsp3) is 0.200. The highest BCUT2D eigenvalue weighted by Gasteiger charge is 2.41. The minimum atomic E-state index is -0.249. The van der Waals surface area contributed by atoms with Crippen molar-refractivity contribution in [3.8, 4) is 11.3 Å². The van der Waals surface area contributed by atoms with E-state index in [1.807, 2.05) is 47.4 Å². The number of hydrogen-bond acceptors (Lipinski definition) is 4. The van der Waals surface area contributed by atoms with E-state index in [-0.39, 0.29) is 18.7 Å². The molecular formula is C20H17Cl2N3O2S. The molecule has 8 heteroatoms. The number of furan rings is 1. The summed E-state index contributed by atoms with van der Waals surface area (Å²) >= 11 is 18.0. The number of pyridine rings is 1. The van der Waals surface area contributed by atoms with Crippen molar-refractivity contribution in [3.05, 3.63) is 76.2 Å². The molecule has 0 amide bonds. The Bertz CT molecular complexity index is 996. The monoisotopic (exact) mass is 433 g/mol. The summed E-state index contributed by atoms with van der Waals surface area (Å²) in [6.07, 6.45) is 1.74. The Balaban J connectivity index is 1.75. The van der Waals surface area contributed by atoms with Gasteiger partial charge in [0.1, 0.15) is 17.6 Å². The Morgan fingerprint density at radius 1 is 1.14 bits per heavy atom. The highest BCUT2D eigenvalue weighted by molar-refractivity contribution is 7.80. The molecule has 28 heavy (non-hydrogen) atoms. The van der Waals surface area contributed by atoms with Gasteiger partial charge in [-0.25, -0.2) is 0 Å². The van der Waals surface area contributed by atoms with Gasteiger partial charge in [0.05, 0.1) is 28.4 Å². The normalized spacial score (nSPS) is 19.1. The zero-order valence-electron chi connectivity index (χ0n) is 14.7. The lowest BCUT2D eigenvalue weighted by Crippen LogP contribution is -2.32. The van der Waals surface area contributed by atoms with E-state index in [2.05, 4.69) is 10.3 Å². The molecule has 0 saturated carbocycles. The van der Waals surface area contributed by atoms with E-state index in [4.69, 9.17) is 39.8 Å². The Morgan fingerprint density at radius 3 is 2.75 bits per heavy atom. The summed E-state index contributed by atoms with van der Waals surface area (Å²) in [6, 6.07) is 14.5. The van der Waals surface area contributed by atoms with Crippen molar-refractivity contribution >= 4 is 40.5 Å². The van der Waals surface area contributed by atoms with Crippen molar-refractivity contribution in [2.45, 2.75) is 12.1 Å². The summed E-state index contributed by atoms with van der Waals surface area (Å²) < 4.78 is 6.17. The fourth-order valence-corrected chi connectivity index (χ4v) is 4.14. The molecule has 0 bridgehead atoms. The van der Waals surface area contributed by atoms with Crippen molar-refractivity contribution in [2.24, 2.45) is 0 Å². The third kappa shape index (κ3) is 3.49. The van der Waals surface area contributed by atoms with Crippen LogP contribution >= 0.6 is 35.4 Å². The number of aromatic nitrogens is 1. The molecule has 2 N–H and O–H groups in total. The van der Waals surface area contributed by atoms with E-state index in [0.29, 0.717) is 33.2 Å². The van der Waals surface area contributed by atoms with Gasteiger partial charge in [0.15, 0.2) is 5.11 Å². The van der Waals surface area contributed by atoms with Crippen molar-refractivity contribution in [3.63, 3.8) is 0 Å². The summed E-state index contributed by atoms with van der Waals surface area (Å²) in [5, 5.41) is 14.3. The molecule has 1 fully saturated rings. The average molecular weight is 434 g/mol. The smallest absolute Gasteiger partial charge is 0.170 e. The minimum absolute atomic E-state index is 0.0268. The molecule has 0 radical (unpaired) electrons. The average Bonchev–Trinajstić information content (AvgIpc) is 3.30. The minimum Gasteiger partial charge on any atom is -0.459 e. The summed E-state index contributed by atoms with van der Waals surface area (Å²) in [5.74, 6) is 1.31. The Hall–Kier alpha value is -2.12. The molecule has 3 aromatic rings. The molecule has 4 rings (SSSR count). The van der Waals surface area contributed by atoms with Crippen molar-refractivity contribution < 1.29 is 9.52 Å². The zero-order chi connectivity index (χ0) is 19.7. The molecule has 0 unspecified atom stereocenters. The van der Waals surface area contributed by atoms with Crippen LogP contribution in [-0.2, 0) is 0 Å². The second kappa shape index (κ2) is 8.09. The molecule has 2 aromatic heterocycles. The van der Waals surface area contributed by atoms with Crippen LogP contribution in [0.25, 0.3) is 11.3 Å². The summed E-state index contributed by atoms with van der Waals surface area (Å²) in [7, 11) is 0. The van der Waals surface area contributed by atoms with Crippen molar-refractivity contribution in [2.75, 3.05) is 13.2 Å². The van der Waals surface area contributed by atoms with E-state index in [1.54, 1.807) is 12.3 Å². The summed E-state index contributed by atoms with van der Waals surface area (Å²) in [5.41, 5.74) is 1.56. The van der Waals surface area contributed by atoms with Gasteiger partial charge in [-0.05, 0) is 48.6 Å². The molecule has 1 saturated heterocycles. The van der Waals surface area contributed by atoms with Gasteiger partial charge in [0, 0.05) is 18.3 Å². The lowest BCUT2D eigenvalue weighted by atomic mass is 10.0. The topological polar surface area (TPSA) is 61.5 Å². The van der Waals surface area contributed by atoms with Crippen LogP contribution < -0.4 is 5.32 Å². The van der Waals surface area contributed by atoms with E-state index in [0.717, 1.165) is 11.3 Å². The van der Waals surface area contributed by atoms with Gasteiger partial charge in [-0.2, -0.15) is 0 Å². The first-order chi connectivity index (χ1) is 13.6. The highest BCUT2D eigenvalue weighted by atomic mass is 35.5. The molecule has 0 aliphatic carbocycles. The van der Waals surface area contributed by atoms with Crippen LogP contribution in [0.15, 0.2) is 59.1 Å². The number of nitrogens with zero attached hydrogens (tertiary/aromatic N) is 2. The third-order valence-electron chi connectivity index (χ3n) is 4.67. The maximum absolute atomic E-state index is 9.51. The number of aliphatic hydroxyl groups is 1. The molecule has 5 nitrogen and oxygen atoms in total. The van der Waals surface area contributed by atoms with Crippen LogP contribution in [0.1, 0.15) is 23.5 Å². The van der Waals surface area contributed by atoms with Crippen LogP contribution in [0.2, 0.25) is 10.0 Å². The van der Waals surface area contributed by atoms with Gasteiger partial charge in [-0.3, -0.25) is 4.98 Å². The number of aliphatic hydroxyl groups excluding tert-OH is 1. The van der Waals surface area contributed by atoms with E-state index >= 15 is 0 Å². The summed E-state index contributed by atoms with van der Waals surface area (Å²) in [4.78, 5) is 6.38. The Morgan fingerprint density at radius 2 is 2.00 bits per heavy atom. The Labute approximate surface area is 177 Å². The maximum atomic E-state index is 9.51. The van der Waals surface area contributed by atoms with E-state index in [9.17, 15) is 5.11 Å². The van der Waals surface area contributed by atoms with Gasteiger partial charge in [-0.1, -0.05) is 35.3 Å². The Kier molecular flexibility index (Phi) is 5.55. The number of hydrogen-bond donors (Lipinski definition) is 2. The van der Waals surface area contributed by atoms with Crippen LogP contribution in [0.5, 0.6) is 0 Å². The van der Waals surface area contributed by atoms with Gasteiger partial charge < -0.3 is 19.7 Å². The SMILES string of the molecule is OCCN1C(=S)N[C@@H](c2ccccn2)[C@H]1c1ccc(-c2cccc(Cl)c2Cl)o1. The van der Waals surface area contributed by atoms with Crippen LogP contribution in [0.3, 0.4) is 0 Å². The second-order valence-electron chi connectivity index (χ2n) is 6.35. The predicted octanol–water partition coefficient (Wildman–Crippen LogP) is 4.61. The van der Waals surface area contributed by atoms with Crippen LogP contribution in [0.4, 0.5) is 0 Å². The fourth-order valence-electron chi connectivity index (χ4n) is 3.41. The molecule has 1 aliphatic heterocycles. The second-order valence-corrected chi connectivity index (χ2v) is 7.52. The van der Waals surface area contributed by atoms with Crippen molar-refractivity contribution in [1.82, 2.24) is 15.2 Å². The number of rotatable bonds is 5. The number of halogens is 2. The highest BCUT2D eigenvalue weighted by Crippen LogP contribution is 2.41. The summed E-state index contributed by atoms with van der Waals surface area (Å²) in [6.45, 7) is 0.356. The molecule has 1 aliphatic rings. The van der Waals surface area contributed by atoms with E-state index < -0.39 is 0 Å². The van der Waals surface area contributed by atoms with Gasteiger partial charge in [-0.15, -0.1) is 0 Å². The first-order valence-electron chi connectivity index (χ1n) is 8.73. The molecular weight excluding hydrogens is 417 g/mol. The quantitative estimate of drug-likeness (QED) is 0.572. The molecule has 2 atom stereocenters. The predicted molar refractivity (Wildman–Crippen MR) is 113 cm³/mol. The number of thiocarbonyl (C=S) groups is 1. The number of nitrogens with one attached hydrogen (secondary N) is 1. The van der Waals surface area contributed by atoms with E-state index in [1.165, 1.54) is 0 Å². The van der Waals surface area contributed by atoms with Crippen LogP contribution in [-0.4, -0.2) is 33.3 Å². The lowest BCUT2D eigenvalue weighted by Gasteiger charge is -2.25. The molecule has 0 spiro atoms. The third-order valence-corrected chi connectivity index (χ3v) is 5.85. The lowest BCUT2D eigenvalue weighted by molar-refractivity contribution is 0.209. The number of β-amino-alcohol motifs (C(OH)–C–C–N with tert-alkyl or cyclic N) is 1. The van der Waals surface area contributed by atoms with Gasteiger partial charge >= 0.3 is 0 Å². The standard InChI is InChI=1S/C20H17Cl2N3O2S/c21-13-5-3-4-12(17(13)22)15-7-8-16(27-15)19-18(14-6-1-2-9-23-14)24-20(28)25(19)10-11-26/h1-9,18-19,26H,10-11H2,(H,24,28)/t18-,19+/m0/s1.